The average Bonchev–Trinajstić information content (AvgIpc) is 3.55. The molecule has 1 aliphatic carbocycles. The Morgan fingerprint density at radius 2 is 1.89 bits per heavy atom. The van der Waals surface area contributed by atoms with Gasteiger partial charge in [0.2, 0.25) is 5.91 Å². The van der Waals surface area contributed by atoms with E-state index in [1.165, 1.54) is 29.4 Å². The topological polar surface area (TPSA) is 71.3 Å². The summed E-state index contributed by atoms with van der Waals surface area (Å²) in [6.07, 6.45) is -0.163. The first-order chi connectivity index (χ1) is 18.1. The maximum Gasteiger partial charge on any atom is 0.435 e. The zero-order valence-electron chi connectivity index (χ0n) is 21.4. The number of likely N-dealkylation sites (tertiary alicyclic amines) is 1. The average molecular weight is 546 g/mol. The van der Waals surface area contributed by atoms with E-state index in [0.29, 0.717) is 37.3 Å². The maximum atomic E-state index is 13.3. The Morgan fingerprint density at radius 1 is 1.16 bits per heavy atom. The van der Waals surface area contributed by atoms with Crippen molar-refractivity contribution < 1.29 is 22.8 Å². The lowest BCUT2D eigenvalue weighted by atomic mass is 9.87. The lowest BCUT2D eigenvalue weighted by molar-refractivity contribution is -0.142. The molecular formula is C27H30F3N5O2S. The van der Waals surface area contributed by atoms with Crippen LogP contribution in [-0.4, -0.2) is 56.5 Å². The fraction of sp³-hybridized carbons (Fsp3) is 0.481. The van der Waals surface area contributed by atoms with Gasteiger partial charge in [0.25, 0.3) is 5.91 Å². The van der Waals surface area contributed by atoms with E-state index in [1.54, 1.807) is 9.80 Å². The van der Waals surface area contributed by atoms with Crippen molar-refractivity contribution in [2.24, 2.45) is 0 Å². The molecule has 0 saturated carbocycles. The molecule has 3 aromatic rings. The van der Waals surface area contributed by atoms with Gasteiger partial charge < -0.3 is 9.80 Å². The molecule has 1 aromatic carbocycles. The molecular weight excluding hydrogens is 515 g/mol. The quantitative estimate of drug-likeness (QED) is 0.441. The van der Waals surface area contributed by atoms with E-state index in [1.807, 2.05) is 24.6 Å². The fourth-order valence-corrected chi connectivity index (χ4v) is 6.40. The zero-order valence-corrected chi connectivity index (χ0v) is 22.2. The molecule has 2 amide bonds. The van der Waals surface area contributed by atoms with Crippen LogP contribution >= 0.6 is 11.3 Å². The third kappa shape index (κ3) is 5.34. The summed E-state index contributed by atoms with van der Waals surface area (Å²) in [5.41, 5.74) is 2.26. The van der Waals surface area contributed by atoms with Gasteiger partial charge in [0.1, 0.15) is 12.2 Å². The molecule has 38 heavy (non-hydrogen) atoms. The zero-order chi connectivity index (χ0) is 27.0. The first-order valence-electron chi connectivity index (χ1n) is 12.8. The van der Waals surface area contributed by atoms with Crippen LogP contribution in [0.4, 0.5) is 13.2 Å². The largest absolute Gasteiger partial charge is 0.435 e. The van der Waals surface area contributed by atoms with Crippen LogP contribution in [0.5, 0.6) is 0 Å². The minimum Gasteiger partial charge on any atom is -0.341 e. The Kier molecular flexibility index (Phi) is 7.30. The number of halogens is 3. The number of carbonyl (C=O) groups excluding carboxylic acids is 2. The van der Waals surface area contributed by atoms with Gasteiger partial charge in [0.15, 0.2) is 5.69 Å². The van der Waals surface area contributed by atoms with Crippen molar-refractivity contribution in [1.29, 1.82) is 0 Å². The van der Waals surface area contributed by atoms with E-state index in [-0.39, 0.29) is 30.3 Å². The second-order valence-corrected chi connectivity index (χ2v) is 11.0. The highest BCUT2D eigenvalue weighted by molar-refractivity contribution is 7.09. The van der Waals surface area contributed by atoms with Gasteiger partial charge in [0.05, 0.1) is 11.0 Å². The van der Waals surface area contributed by atoms with Crippen LogP contribution in [0.3, 0.4) is 0 Å². The summed E-state index contributed by atoms with van der Waals surface area (Å²) in [5.74, 6) is -0.211. The molecule has 0 spiro atoms. The molecule has 0 unspecified atom stereocenters. The van der Waals surface area contributed by atoms with Crippen LogP contribution in [0.2, 0.25) is 0 Å². The van der Waals surface area contributed by atoms with E-state index < -0.39 is 11.9 Å². The highest BCUT2D eigenvalue weighted by Gasteiger charge is 2.35. The molecule has 1 atom stereocenters. The van der Waals surface area contributed by atoms with Gasteiger partial charge in [-0.3, -0.25) is 14.3 Å². The predicted molar refractivity (Wildman–Crippen MR) is 137 cm³/mol. The highest BCUT2D eigenvalue weighted by Crippen LogP contribution is 2.35. The van der Waals surface area contributed by atoms with Gasteiger partial charge in [-0.25, -0.2) is 4.98 Å². The van der Waals surface area contributed by atoms with E-state index in [4.69, 9.17) is 0 Å². The number of fused-ring (bicyclic) bond motifs is 1. The van der Waals surface area contributed by atoms with Gasteiger partial charge in [-0.1, -0.05) is 24.3 Å². The molecule has 2 aromatic heterocycles. The van der Waals surface area contributed by atoms with E-state index in [0.717, 1.165) is 35.0 Å². The Balaban J connectivity index is 1.18. The van der Waals surface area contributed by atoms with Crippen molar-refractivity contribution in [2.45, 2.75) is 63.7 Å². The van der Waals surface area contributed by atoms with Crippen molar-refractivity contribution in [3.63, 3.8) is 0 Å². The van der Waals surface area contributed by atoms with E-state index in [9.17, 15) is 22.8 Å². The number of aryl methyl sites for hydroxylation is 2. The van der Waals surface area contributed by atoms with Crippen LogP contribution in [0.1, 0.15) is 75.7 Å². The summed E-state index contributed by atoms with van der Waals surface area (Å²) in [7, 11) is 1.84. The van der Waals surface area contributed by atoms with Crippen LogP contribution in [0.25, 0.3) is 0 Å². The molecule has 1 aliphatic heterocycles. The third-order valence-electron chi connectivity index (χ3n) is 7.62. The van der Waals surface area contributed by atoms with E-state index in [2.05, 4.69) is 22.2 Å². The highest BCUT2D eigenvalue weighted by atomic mass is 32.1. The Labute approximate surface area is 223 Å². The first kappa shape index (κ1) is 26.4. The smallest absolute Gasteiger partial charge is 0.341 e. The fourth-order valence-electron chi connectivity index (χ4n) is 5.44. The number of nitrogens with zero attached hydrogens (tertiary/aromatic N) is 5. The van der Waals surface area contributed by atoms with Gasteiger partial charge in [-0.15, -0.1) is 11.3 Å². The van der Waals surface area contributed by atoms with Crippen molar-refractivity contribution in [3.05, 3.63) is 68.9 Å². The number of piperidine rings is 1. The number of thiazole rings is 1. The number of hydrogen-bond acceptors (Lipinski definition) is 5. The summed E-state index contributed by atoms with van der Waals surface area (Å²) >= 11 is 1.47. The van der Waals surface area contributed by atoms with E-state index >= 15 is 0 Å². The second kappa shape index (κ2) is 10.5. The number of carbonyl (C=O) groups is 2. The Bertz CT molecular complexity index is 1330. The monoisotopic (exact) mass is 545 g/mol. The SMILES string of the molecule is Cc1cc(C(F)(F)F)nn1CC(=O)N1CCC(c2nc(C(=O)N(C)[C@H]3CCCc4ccccc43)cs2)CC1. The summed E-state index contributed by atoms with van der Waals surface area (Å²) in [5, 5.41) is 6.26. The summed E-state index contributed by atoms with van der Waals surface area (Å²) < 4.78 is 39.9. The van der Waals surface area contributed by atoms with Crippen LogP contribution in [0.15, 0.2) is 35.7 Å². The van der Waals surface area contributed by atoms with Crippen molar-refractivity contribution in [1.82, 2.24) is 24.6 Å². The number of benzene rings is 1. The van der Waals surface area contributed by atoms with Crippen molar-refractivity contribution in [2.75, 3.05) is 20.1 Å². The lowest BCUT2D eigenvalue weighted by Gasteiger charge is -2.33. The van der Waals surface area contributed by atoms with Gasteiger partial charge in [0, 0.05) is 37.1 Å². The molecule has 7 nitrogen and oxygen atoms in total. The molecule has 1 saturated heterocycles. The first-order valence-corrected chi connectivity index (χ1v) is 13.7. The number of rotatable bonds is 5. The summed E-state index contributed by atoms with van der Waals surface area (Å²) in [4.78, 5) is 34.2. The molecule has 0 radical (unpaired) electrons. The normalized spacial score (nSPS) is 18.3. The number of alkyl halides is 3. The van der Waals surface area contributed by atoms with Crippen LogP contribution < -0.4 is 0 Å². The van der Waals surface area contributed by atoms with Crippen molar-refractivity contribution >= 4 is 23.2 Å². The summed E-state index contributed by atoms with van der Waals surface area (Å²) in [6, 6.07) is 9.28. The molecule has 202 valence electrons. The number of aromatic nitrogens is 3. The minimum atomic E-state index is -4.54. The van der Waals surface area contributed by atoms with Gasteiger partial charge >= 0.3 is 6.18 Å². The second-order valence-electron chi connectivity index (χ2n) is 10.1. The molecule has 1 fully saturated rings. The Hall–Kier alpha value is -3.21. The molecule has 0 bridgehead atoms. The van der Waals surface area contributed by atoms with Gasteiger partial charge in [-0.2, -0.15) is 18.3 Å². The standard InChI is InChI=1S/C27H30F3N5O2S/c1-17-14-23(27(28,29)30)32-35(17)15-24(36)34-12-10-19(11-13-34)25-31-21(16-38-25)26(37)33(2)22-9-5-7-18-6-3-4-8-20(18)22/h3-4,6,8,14,16,19,22H,5,7,9-13,15H2,1-2H3/t22-/m0/s1. The molecule has 5 rings (SSSR count). The lowest BCUT2D eigenvalue weighted by Crippen LogP contribution is -2.40. The Morgan fingerprint density at radius 3 is 2.61 bits per heavy atom. The molecule has 11 heteroatoms. The predicted octanol–water partition coefficient (Wildman–Crippen LogP) is 5.22. The van der Waals surface area contributed by atoms with Crippen molar-refractivity contribution in [3.8, 4) is 0 Å². The number of amides is 2. The molecule has 2 aliphatic rings. The van der Waals surface area contributed by atoms with Crippen LogP contribution in [-0.2, 0) is 23.9 Å². The molecule has 0 N–H and O–H groups in total. The summed E-state index contributed by atoms with van der Waals surface area (Å²) in [6.45, 7) is 2.25. The van der Waals surface area contributed by atoms with Gasteiger partial charge in [-0.05, 0) is 56.2 Å². The molecule has 3 heterocycles. The maximum absolute atomic E-state index is 13.3. The minimum absolute atomic E-state index is 0.0393. The number of hydrogen-bond donors (Lipinski definition) is 0. The van der Waals surface area contributed by atoms with Crippen LogP contribution in [0, 0.1) is 6.92 Å². The third-order valence-corrected chi connectivity index (χ3v) is 8.63.